The number of thioether (sulfide) groups is 1. The van der Waals surface area contributed by atoms with Crippen molar-refractivity contribution in [2.45, 2.75) is 42.7 Å². The van der Waals surface area contributed by atoms with Crippen molar-refractivity contribution < 1.29 is 14.6 Å². The van der Waals surface area contributed by atoms with Crippen LogP contribution in [0, 0.1) is 5.41 Å². The van der Waals surface area contributed by atoms with E-state index in [1.54, 1.807) is 24.6 Å². The molecule has 3 aromatic rings. The molecule has 34 heavy (non-hydrogen) atoms. The normalized spacial score (nSPS) is 16.1. The number of piperidine rings is 1. The molecule has 1 fully saturated rings. The zero-order valence-corrected chi connectivity index (χ0v) is 21.9. The molecule has 1 aromatic carbocycles. The minimum Gasteiger partial charge on any atom is -0.497 e. The molecule has 0 aliphatic carbocycles. The number of carbonyl (C=O) groups is 1. The lowest BCUT2D eigenvalue weighted by molar-refractivity contribution is -0.140. The zero-order chi connectivity index (χ0) is 24.0. The fourth-order valence-electron chi connectivity index (χ4n) is 4.93. The molecule has 0 bridgehead atoms. The van der Waals surface area contributed by atoms with E-state index in [-0.39, 0.29) is 11.8 Å². The second kappa shape index (κ2) is 11.8. The molecule has 182 valence electrons. The second-order valence-electron chi connectivity index (χ2n) is 9.01. The standard InChI is InChI=1S/C26H31ClN2O3S2/c1-32-19-6-7-23-21(16-19)20(22(27)18-28-23)4-2-8-26(17-24(30)31)9-11-29(12-10-26)13-15-34-25-5-3-14-33-25/h3,5-7,14,16,18H,2,4,8-13,15,17H2,1H3,(H,30,31). The highest BCUT2D eigenvalue weighted by Crippen LogP contribution is 2.41. The Hall–Kier alpha value is -1.80. The van der Waals surface area contributed by atoms with Gasteiger partial charge in [0.05, 0.1) is 28.3 Å². The van der Waals surface area contributed by atoms with Gasteiger partial charge in [0.25, 0.3) is 0 Å². The number of nitrogens with zero attached hydrogens (tertiary/aromatic N) is 2. The first-order valence-electron chi connectivity index (χ1n) is 11.7. The lowest BCUT2D eigenvalue weighted by Crippen LogP contribution is -2.42. The fraction of sp³-hybridized carbons (Fsp3) is 0.462. The summed E-state index contributed by atoms with van der Waals surface area (Å²) < 4.78 is 6.75. The molecule has 2 aromatic heterocycles. The van der Waals surface area contributed by atoms with E-state index in [1.807, 2.05) is 30.0 Å². The molecule has 3 heterocycles. The number of pyridine rings is 1. The molecule has 0 spiro atoms. The smallest absolute Gasteiger partial charge is 0.303 e. The highest BCUT2D eigenvalue weighted by Gasteiger charge is 2.36. The number of likely N-dealkylation sites (tertiary alicyclic amines) is 1. The van der Waals surface area contributed by atoms with Crippen LogP contribution in [0.1, 0.15) is 37.7 Å². The summed E-state index contributed by atoms with van der Waals surface area (Å²) in [6.07, 6.45) is 6.41. The lowest BCUT2D eigenvalue weighted by Gasteiger charge is -2.41. The number of benzene rings is 1. The first-order chi connectivity index (χ1) is 16.5. The summed E-state index contributed by atoms with van der Waals surface area (Å²) in [6.45, 7) is 2.98. The van der Waals surface area contributed by atoms with Crippen molar-refractivity contribution >= 4 is 51.6 Å². The summed E-state index contributed by atoms with van der Waals surface area (Å²) >= 11 is 10.2. The Labute approximate surface area is 214 Å². The number of halogens is 1. The molecule has 1 aliphatic rings. The third-order valence-corrected chi connectivity index (χ3v) is 9.29. The third-order valence-electron chi connectivity index (χ3n) is 6.86. The van der Waals surface area contributed by atoms with Gasteiger partial charge in [0.2, 0.25) is 0 Å². The molecule has 0 amide bonds. The van der Waals surface area contributed by atoms with Crippen molar-refractivity contribution in [2.75, 3.05) is 32.5 Å². The Morgan fingerprint density at radius 2 is 2.15 bits per heavy atom. The molecule has 8 heteroatoms. The second-order valence-corrected chi connectivity index (χ2v) is 11.8. The molecule has 1 N–H and O–H groups in total. The number of aliphatic carboxylic acids is 1. The molecular weight excluding hydrogens is 488 g/mol. The van der Waals surface area contributed by atoms with Crippen LogP contribution in [0.5, 0.6) is 5.75 Å². The van der Waals surface area contributed by atoms with Gasteiger partial charge >= 0.3 is 5.97 Å². The van der Waals surface area contributed by atoms with E-state index in [1.165, 1.54) is 4.21 Å². The molecule has 0 unspecified atom stereocenters. The van der Waals surface area contributed by atoms with Crippen molar-refractivity contribution in [2.24, 2.45) is 5.41 Å². The Morgan fingerprint density at radius 1 is 1.32 bits per heavy atom. The van der Waals surface area contributed by atoms with Crippen molar-refractivity contribution in [3.63, 3.8) is 0 Å². The van der Waals surface area contributed by atoms with Gasteiger partial charge in [-0.05, 0) is 85.8 Å². The van der Waals surface area contributed by atoms with Crippen LogP contribution in [0.2, 0.25) is 5.02 Å². The van der Waals surface area contributed by atoms with Gasteiger partial charge < -0.3 is 14.7 Å². The van der Waals surface area contributed by atoms with Crippen LogP contribution in [-0.2, 0) is 11.2 Å². The highest BCUT2D eigenvalue weighted by atomic mass is 35.5. The average molecular weight is 519 g/mol. The van der Waals surface area contributed by atoms with E-state index in [2.05, 4.69) is 27.4 Å². The topological polar surface area (TPSA) is 62.7 Å². The van der Waals surface area contributed by atoms with Crippen LogP contribution in [0.15, 0.2) is 46.1 Å². The van der Waals surface area contributed by atoms with Gasteiger partial charge in [0.1, 0.15) is 5.75 Å². The van der Waals surface area contributed by atoms with E-state index in [4.69, 9.17) is 16.3 Å². The highest BCUT2D eigenvalue weighted by molar-refractivity contribution is 8.01. The van der Waals surface area contributed by atoms with E-state index >= 15 is 0 Å². The van der Waals surface area contributed by atoms with Gasteiger partial charge in [-0.1, -0.05) is 17.7 Å². The Bertz CT molecular complexity index is 1100. The van der Waals surface area contributed by atoms with Gasteiger partial charge in [0.15, 0.2) is 0 Å². The Kier molecular flexibility index (Phi) is 8.75. The van der Waals surface area contributed by atoms with Crippen molar-refractivity contribution in [3.05, 3.63) is 52.5 Å². The van der Waals surface area contributed by atoms with Crippen molar-refractivity contribution in [3.8, 4) is 5.75 Å². The number of fused-ring (bicyclic) bond motifs is 1. The van der Waals surface area contributed by atoms with Crippen molar-refractivity contribution in [1.29, 1.82) is 0 Å². The number of hydrogen-bond donors (Lipinski definition) is 1. The molecule has 0 atom stereocenters. The third kappa shape index (κ3) is 6.45. The van der Waals surface area contributed by atoms with Crippen LogP contribution < -0.4 is 4.74 Å². The largest absolute Gasteiger partial charge is 0.497 e. The summed E-state index contributed by atoms with van der Waals surface area (Å²) in [5.41, 5.74) is 1.82. The van der Waals surface area contributed by atoms with Gasteiger partial charge in [-0.2, -0.15) is 0 Å². The SMILES string of the molecule is COc1ccc2ncc(Cl)c(CCCC3(CC(=O)O)CCN(CCSc4cccs4)CC3)c2c1. The number of carboxylic acids is 1. The maximum Gasteiger partial charge on any atom is 0.303 e. The quantitative estimate of drug-likeness (QED) is 0.287. The van der Waals surface area contributed by atoms with Crippen LogP contribution in [0.3, 0.4) is 0 Å². The summed E-state index contributed by atoms with van der Waals surface area (Å²) in [5, 5.41) is 13.4. The Balaban J connectivity index is 1.36. The maximum absolute atomic E-state index is 11.7. The molecule has 0 radical (unpaired) electrons. The number of aryl methyl sites for hydroxylation is 1. The molecule has 4 rings (SSSR count). The van der Waals surface area contributed by atoms with Gasteiger partial charge in [-0.15, -0.1) is 23.1 Å². The van der Waals surface area contributed by atoms with E-state index in [9.17, 15) is 9.90 Å². The lowest BCUT2D eigenvalue weighted by atomic mass is 9.72. The van der Waals surface area contributed by atoms with E-state index < -0.39 is 5.97 Å². The minimum absolute atomic E-state index is 0.143. The molecule has 0 saturated carbocycles. The minimum atomic E-state index is -0.696. The first kappa shape index (κ1) is 25.3. The van der Waals surface area contributed by atoms with Crippen molar-refractivity contribution in [1.82, 2.24) is 9.88 Å². The first-order valence-corrected chi connectivity index (χ1v) is 13.9. The van der Waals surface area contributed by atoms with E-state index in [0.29, 0.717) is 5.02 Å². The maximum atomic E-state index is 11.7. The number of carboxylic acid groups (broad SMARTS) is 1. The average Bonchev–Trinajstić information content (AvgIpc) is 3.35. The molecule has 1 saturated heterocycles. The summed E-state index contributed by atoms with van der Waals surface area (Å²) in [5.74, 6) is 1.16. The number of rotatable bonds is 11. The Morgan fingerprint density at radius 3 is 2.85 bits per heavy atom. The van der Waals surface area contributed by atoms with E-state index in [0.717, 1.165) is 79.7 Å². The van der Waals surface area contributed by atoms with Gasteiger partial charge in [0, 0.05) is 23.9 Å². The number of methoxy groups -OCH3 is 1. The summed E-state index contributed by atoms with van der Waals surface area (Å²) in [4.78, 5) is 18.7. The van der Waals surface area contributed by atoms with Crippen LogP contribution in [-0.4, -0.2) is 53.5 Å². The summed E-state index contributed by atoms with van der Waals surface area (Å²) in [7, 11) is 1.65. The number of thiophene rings is 1. The molecular formula is C26H31ClN2O3S2. The summed E-state index contributed by atoms with van der Waals surface area (Å²) in [6, 6.07) is 10.1. The molecule has 1 aliphatic heterocycles. The van der Waals surface area contributed by atoms with Gasteiger partial charge in [-0.3, -0.25) is 9.78 Å². The predicted octanol–water partition coefficient (Wildman–Crippen LogP) is 6.63. The van der Waals surface area contributed by atoms with Gasteiger partial charge in [-0.25, -0.2) is 0 Å². The number of hydrogen-bond acceptors (Lipinski definition) is 6. The van der Waals surface area contributed by atoms with Crippen LogP contribution >= 0.6 is 34.7 Å². The number of ether oxygens (including phenoxy) is 1. The number of aromatic nitrogens is 1. The van der Waals surface area contributed by atoms with Crippen LogP contribution in [0.25, 0.3) is 10.9 Å². The zero-order valence-electron chi connectivity index (χ0n) is 19.5. The van der Waals surface area contributed by atoms with Crippen LogP contribution in [0.4, 0.5) is 0 Å². The monoisotopic (exact) mass is 518 g/mol. The molecule has 5 nitrogen and oxygen atoms in total. The fourth-order valence-corrected chi connectivity index (χ4v) is 7.04. The predicted molar refractivity (Wildman–Crippen MR) is 142 cm³/mol.